The number of para-hydroxylation sites is 1. The number of carbonyl (C=O) groups is 1. The summed E-state index contributed by atoms with van der Waals surface area (Å²) in [6, 6.07) is 7.60. The molecule has 0 aliphatic carbocycles. The predicted molar refractivity (Wildman–Crippen MR) is 75.0 cm³/mol. The smallest absolute Gasteiger partial charge is 0.234 e. The minimum Gasteiger partial charge on any atom is -0.496 e. The molecule has 1 rings (SSSR count). The van der Waals surface area contributed by atoms with Crippen LogP contribution in [0.1, 0.15) is 13.3 Å². The first kappa shape index (κ1) is 14.9. The lowest BCUT2D eigenvalue weighted by Crippen LogP contribution is -2.41. The number of carbonyl (C=O) groups excluding carboxylic acids is 1. The summed E-state index contributed by atoms with van der Waals surface area (Å²) in [6.45, 7) is 2.70. The number of nitrogens with one attached hydrogen (secondary N) is 1. The van der Waals surface area contributed by atoms with Crippen molar-refractivity contribution in [2.45, 2.75) is 24.3 Å². The maximum absolute atomic E-state index is 11.2. The van der Waals surface area contributed by atoms with Crippen molar-refractivity contribution in [1.29, 1.82) is 0 Å². The molecule has 0 aliphatic heterocycles. The number of nitrogens with two attached hydrogens (primary N) is 1. The molecular weight excluding hydrogens is 248 g/mol. The van der Waals surface area contributed by atoms with Gasteiger partial charge in [0.25, 0.3) is 0 Å². The fourth-order valence-corrected chi connectivity index (χ4v) is 2.66. The molecule has 1 atom stereocenters. The molecule has 5 heteroatoms. The van der Waals surface area contributed by atoms with Crippen molar-refractivity contribution in [1.82, 2.24) is 5.32 Å². The molecule has 0 fully saturated rings. The number of hydrogen-bond donors (Lipinski definition) is 2. The molecule has 1 aromatic rings. The third-order valence-corrected chi connectivity index (χ3v) is 3.62. The van der Waals surface area contributed by atoms with Crippen LogP contribution in [0.25, 0.3) is 0 Å². The Kier molecular flexibility index (Phi) is 6.60. The summed E-state index contributed by atoms with van der Waals surface area (Å²) in [6.07, 6.45) is 0.714. The molecule has 0 saturated heterocycles. The van der Waals surface area contributed by atoms with Gasteiger partial charge in [0, 0.05) is 10.6 Å². The lowest BCUT2D eigenvalue weighted by atomic mass is 10.2. The van der Waals surface area contributed by atoms with Crippen molar-refractivity contribution in [2.75, 3.05) is 19.4 Å². The second-order valence-corrected chi connectivity index (χ2v) is 4.94. The molecule has 0 saturated carbocycles. The molecule has 18 heavy (non-hydrogen) atoms. The summed E-state index contributed by atoms with van der Waals surface area (Å²) >= 11 is 1.67. The van der Waals surface area contributed by atoms with Gasteiger partial charge in [0.1, 0.15) is 5.75 Å². The monoisotopic (exact) mass is 268 g/mol. The van der Waals surface area contributed by atoms with Gasteiger partial charge in [0.2, 0.25) is 5.91 Å². The minimum atomic E-state index is -0.294. The Balaban J connectivity index is 2.47. The first-order valence-electron chi connectivity index (χ1n) is 5.97. The Bertz CT molecular complexity index is 385. The van der Waals surface area contributed by atoms with Crippen LogP contribution in [0.4, 0.5) is 0 Å². The molecule has 4 nitrogen and oxygen atoms in total. The Morgan fingerprint density at radius 3 is 2.83 bits per heavy atom. The van der Waals surface area contributed by atoms with E-state index in [2.05, 4.69) is 5.32 Å². The van der Waals surface area contributed by atoms with E-state index in [9.17, 15) is 4.79 Å². The van der Waals surface area contributed by atoms with Crippen molar-refractivity contribution in [2.24, 2.45) is 5.73 Å². The summed E-state index contributed by atoms with van der Waals surface area (Å²) < 4.78 is 5.27. The maximum atomic E-state index is 11.2. The van der Waals surface area contributed by atoms with E-state index in [1.807, 2.05) is 31.2 Å². The highest BCUT2D eigenvalue weighted by molar-refractivity contribution is 7.99. The third kappa shape index (κ3) is 4.58. The van der Waals surface area contributed by atoms with Crippen molar-refractivity contribution in [3.63, 3.8) is 0 Å². The lowest BCUT2D eigenvalue weighted by Gasteiger charge is -2.14. The van der Waals surface area contributed by atoms with Crippen molar-refractivity contribution < 1.29 is 9.53 Å². The Morgan fingerprint density at radius 1 is 1.50 bits per heavy atom. The second-order valence-electron chi connectivity index (χ2n) is 3.80. The summed E-state index contributed by atoms with van der Waals surface area (Å²) in [5, 5.41) is 3.08. The zero-order chi connectivity index (χ0) is 13.4. The van der Waals surface area contributed by atoms with Crippen molar-refractivity contribution >= 4 is 17.7 Å². The van der Waals surface area contributed by atoms with Crippen LogP contribution < -0.4 is 15.8 Å². The third-order valence-electron chi connectivity index (χ3n) is 2.53. The number of benzene rings is 1. The Morgan fingerprint density at radius 2 is 2.22 bits per heavy atom. The van der Waals surface area contributed by atoms with Gasteiger partial charge in [-0.05, 0) is 25.1 Å². The molecular formula is C13H20N2O2S. The van der Waals surface area contributed by atoms with Gasteiger partial charge in [-0.3, -0.25) is 4.79 Å². The average Bonchev–Trinajstić information content (AvgIpc) is 2.38. The minimum absolute atomic E-state index is 0.253. The van der Waals surface area contributed by atoms with Gasteiger partial charge in [-0.1, -0.05) is 19.1 Å². The number of hydrogen-bond acceptors (Lipinski definition) is 4. The van der Waals surface area contributed by atoms with E-state index in [1.165, 1.54) is 0 Å². The molecule has 0 spiro atoms. The van der Waals surface area contributed by atoms with Crippen LogP contribution in [0.2, 0.25) is 0 Å². The van der Waals surface area contributed by atoms with Gasteiger partial charge in [0.15, 0.2) is 0 Å². The molecule has 1 aromatic carbocycles. The fraction of sp³-hybridized carbons (Fsp3) is 0.462. The van der Waals surface area contributed by atoms with Crippen LogP contribution in [0.5, 0.6) is 5.75 Å². The summed E-state index contributed by atoms with van der Waals surface area (Å²) in [7, 11) is 1.66. The predicted octanol–water partition coefficient (Wildman–Crippen LogP) is 1.64. The molecule has 0 aromatic heterocycles. The SMILES string of the molecule is CCNC(CCSc1ccccc1OC)C(N)=O. The molecule has 1 unspecified atom stereocenters. The summed E-state index contributed by atoms with van der Waals surface area (Å²) in [4.78, 5) is 12.3. The van der Waals surface area contributed by atoms with E-state index >= 15 is 0 Å². The fourth-order valence-electron chi connectivity index (χ4n) is 1.62. The van der Waals surface area contributed by atoms with Gasteiger partial charge in [-0.2, -0.15) is 0 Å². The molecule has 1 amide bonds. The van der Waals surface area contributed by atoms with Crippen LogP contribution in [-0.2, 0) is 4.79 Å². The van der Waals surface area contributed by atoms with E-state index in [4.69, 9.17) is 10.5 Å². The van der Waals surface area contributed by atoms with Crippen molar-refractivity contribution in [3.05, 3.63) is 24.3 Å². The van der Waals surface area contributed by atoms with E-state index in [0.29, 0.717) is 6.42 Å². The molecule has 0 heterocycles. The maximum Gasteiger partial charge on any atom is 0.234 e. The molecule has 0 bridgehead atoms. The number of thioether (sulfide) groups is 1. The highest BCUT2D eigenvalue weighted by atomic mass is 32.2. The second kappa shape index (κ2) is 8.00. The Labute approximate surface area is 112 Å². The van der Waals surface area contributed by atoms with Gasteiger partial charge in [-0.25, -0.2) is 0 Å². The van der Waals surface area contributed by atoms with Crippen LogP contribution in [0, 0.1) is 0 Å². The summed E-state index contributed by atoms with van der Waals surface area (Å²) in [5.74, 6) is 1.39. The van der Waals surface area contributed by atoms with Gasteiger partial charge in [0.05, 0.1) is 13.2 Å². The quantitative estimate of drug-likeness (QED) is 0.704. The molecule has 0 radical (unpaired) electrons. The zero-order valence-corrected chi connectivity index (χ0v) is 11.6. The number of rotatable bonds is 8. The number of methoxy groups -OCH3 is 1. The van der Waals surface area contributed by atoms with Gasteiger partial charge < -0.3 is 15.8 Å². The highest BCUT2D eigenvalue weighted by Crippen LogP contribution is 2.29. The Hall–Kier alpha value is -1.20. The van der Waals surface area contributed by atoms with Crippen molar-refractivity contribution in [3.8, 4) is 5.75 Å². The normalized spacial score (nSPS) is 12.1. The molecule has 100 valence electrons. The van der Waals surface area contributed by atoms with E-state index < -0.39 is 0 Å². The number of primary amides is 1. The lowest BCUT2D eigenvalue weighted by molar-refractivity contribution is -0.120. The molecule has 0 aliphatic rings. The van der Waals surface area contributed by atoms with Gasteiger partial charge in [-0.15, -0.1) is 11.8 Å². The van der Waals surface area contributed by atoms with Crippen LogP contribution in [0.15, 0.2) is 29.2 Å². The first-order valence-corrected chi connectivity index (χ1v) is 6.96. The largest absolute Gasteiger partial charge is 0.496 e. The van der Waals surface area contributed by atoms with Crippen LogP contribution in [0.3, 0.4) is 0 Å². The van der Waals surface area contributed by atoms with E-state index in [0.717, 1.165) is 22.9 Å². The van der Waals surface area contributed by atoms with E-state index in [1.54, 1.807) is 18.9 Å². The zero-order valence-electron chi connectivity index (χ0n) is 10.8. The first-order chi connectivity index (χ1) is 8.69. The highest BCUT2D eigenvalue weighted by Gasteiger charge is 2.13. The van der Waals surface area contributed by atoms with E-state index in [-0.39, 0.29) is 11.9 Å². The number of amides is 1. The van der Waals surface area contributed by atoms with Crippen LogP contribution in [-0.4, -0.2) is 31.4 Å². The average molecular weight is 268 g/mol. The number of likely N-dealkylation sites (N-methyl/N-ethyl adjacent to an activating group) is 1. The standard InChI is InChI=1S/C13H20N2O2S/c1-3-15-10(13(14)16)8-9-18-12-7-5-4-6-11(12)17-2/h4-7,10,15H,3,8-9H2,1-2H3,(H2,14,16). The van der Waals surface area contributed by atoms with Gasteiger partial charge >= 0.3 is 0 Å². The van der Waals surface area contributed by atoms with Crippen LogP contribution >= 0.6 is 11.8 Å². The number of ether oxygens (including phenoxy) is 1. The summed E-state index contributed by atoms with van der Waals surface area (Å²) in [5.41, 5.74) is 5.32. The molecule has 3 N–H and O–H groups in total. The topological polar surface area (TPSA) is 64.3 Å².